The maximum atomic E-state index is 11.1. The van der Waals surface area contributed by atoms with Crippen molar-refractivity contribution in [1.82, 2.24) is 5.32 Å². The SMILES string of the molecule is CCC(OCC1OCCNCC1c1ccc(Cl)c(Cl)c1)C(=O)O. The molecule has 1 aromatic rings. The third kappa shape index (κ3) is 5.06. The van der Waals surface area contributed by atoms with Crippen LogP contribution in [-0.4, -0.2) is 49.6 Å². The smallest absolute Gasteiger partial charge is 0.332 e. The maximum Gasteiger partial charge on any atom is 0.332 e. The van der Waals surface area contributed by atoms with E-state index in [0.717, 1.165) is 12.1 Å². The molecule has 5 nitrogen and oxygen atoms in total. The summed E-state index contributed by atoms with van der Waals surface area (Å²) in [5.41, 5.74) is 0.991. The summed E-state index contributed by atoms with van der Waals surface area (Å²) in [4.78, 5) is 11.1. The quantitative estimate of drug-likeness (QED) is 0.815. The Labute approximate surface area is 145 Å². The van der Waals surface area contributed by atoms with Gasteiger partial charge in [-0.05, 0) is 24.1 Å². The number of carboxylic acids is 1. The summed E-state index contributed by atoms with van der Waals surface area (Å²) in [5.74, 6) is -0.941. The molecular formula is C16H21Cl2NO4. The van der Waals surface area contributed by atoms with Crippen molar-refractivity contribution in [3.63, 3.8) is 0 Å². The van der Waals surface area contributed by atoms with Crippen molar-refractivity contribution in [3.05, 3.63) is 33.8 Å². The first-order valence-corrected chi connectivity index (χ1v) is 8.40. The summed E-state index contributed by atoms with van der Waals surface area (Å²) in [6, 6.07) is 5.50. The van der Waals surface area contributed by atoms with Gasteiger partial charge in [-0.15, -0.1) is 0 Å². The van der Waals surface area contributed by atoms with E-state index in [0.29, 0.717) is 29.6 Å². The second kappa shape index (κ2) is 8.85. The summed E-state index contributed by atoms with van der Waals surface area (Å²) in [7, 11) is 0. The van der Waals surface area contributed by atoms with Crippen LogP contribution in [0.1, 0.15) is 24.8 Å². The minimum atomic E-state index is -0.953. The zero-order valence-electron chi connectivity index (χ0n) is 12.9. The van der Waals surface area contributed by atoms with Crippen LogP contribution in [0.3, 0.4) is 0 Å². The Kier molecular flexibility index (Phi) is 7.11. The zero-order chi connectivity index (χ0) is 16.8. The van der Waals surface area contributed by atoms with Gasteiger partial charge in [0.25, 0.3) is 0 Å². The molecule has 3 unspecified atom stereocenters. The highest BCUT2D eigenvalue weighted by Crippen LogP contribution is 2.30. The Bertz CT molecular complexity index is 541. The van der Waals surface area contributed by atoms with E-state index in [1.165, 1.54) is 0 Å². The van der Waals surface area contributed by atoms with E-state index in [1.807, 2.05) is 12.1 Å². The van der Waals surface area contributed by atoms with Crippen LogP contribution in [0.5, 0.6) is 0 Å². The van der Waals surface area contributed by atoms with Crippen molar-refractivity contribution in [1.29, 1.82) is 0 Å². The van der Waals surface area contributed by atoms with Crippen molar-refractivity contribution in [3.8, 4) is 0 Å². The molecular weight excluding hydrogens is 341 g/mol. The summed E-state index contributed by atoms with van der Waals surface area (Å²) in [5, 5.41) is 13.4. The van der Waals surface area contributed by atoms with Gasteiger partial charge in [-0.25, -0.2) is 4.79 Å². The minimum absolute atomic E-state index is 0.0126. The number of carbonyl (C=O) groups is 1. The Balaban J connectivity index is 2.12. The van der Waals surface area contributed by atoms with E-state index in [9.17, 15) is 4.79 Å². The van der Waals surface area contributed by atoms with Crippen LogP contribution in [0.4, 0.5) is 0 Å². The Morgan fingerprint density at radius 1 is 1.48 bits per heavy atom. The number of carboxylic acid groups (broad SMARTS) is 1. The number of aliphatic carboxylic acids is 1. The van der Waals surface area contributed by atoms with Crippen molar-refractivity contribution in [2.75, 3.05) is 26.3 Å². The lowest BCUT2D eigenvalue weighted by Gasteiger charge is -2.26. The van der Waals surface area contributed by atoms with Crippen molar-refractivity contribution in [2.24, 2.45) is 0 Å². The second-order valence-corrected chi connectivity index (χ2v) is 6.28. The highest BCUT2D eigenvalue weighted by atomic mass is 35.5. The first-order valence-electron chi connectivity index (χ1n) is 7.64. The lowest BCUT2D eigenvalue weighted by Crippen LogP contribution is -2.34. The molecule has 0 spiro atoms. The molecule has 0 amide bonds. The number of nitrogens with one attached hydrogen (secondary N) is 1. The number of halogens is 2. The third-order valence-electron chi connectivity index (χ3n) is 3.90. The molecule has 128 valence electrons. The molecule has 3 atom stereocenters. The van der Waals surface area contributed by atoms with Gasteiger partial charge in [-0.2, -0.15) is 0 Å². The molecule has 1 heterocycles. The van der Waals surface area contributed by atoms with Crippen LogP contribution < -0.4 is 5.32 Å². The van der Waals surface area contributed by atoms with Gasteiger partial charge in [0.1, 0.15) is 0 Å². The Morgan fingerprint density at radius 3 is 2.91 bits per heavy atom. The van der Waals surface area contributed by atoms with E-state index in [4.69, 9.17) is 37.8 Å². The molecule has 0 radical (unpaired) electrons. The number of rotatable bonds is 6. The number of hydrogen-bond acceptors (Lipinski definition) is 4. The van der Waals surface area contributed by atoms with Crippen LogP contribution in [0, 0.1) is 0 Å². The molecule has 0 saturated carbocycles. The Hall–Kier alpha value is -0.850. The topological polar surface area (TPSA) is 67.8 Å². The number of hydrogen-bond donors (Lipinski definition) is 2. The standard InChI is InChI=1S/C16H21Cl2NO4/c1-2-14(16(20)21)23-9-15-11(8-19-5-6-22-15)10-3-4-12(17)13(18)7-10/h3-4,7,11,14-15,19H,2,5-6,8-9H2,1H3,(H,20,21). The van der Waals surface area contributed by atoms with Crippen LogP contribution in [0.2, 0.25) is 10.0 Å². The minimum Gasteiger partial charge on any atom is -0.479 e. The van der Waals surface area contributed by atoms with E-state index < -0.39 is 12.1 Å². The van der Waals surface area contributed by atoms with Gasteiger partial charge in [-0.1, -0.05) is 36.2 Å². The fourth-order valence-electron chi connectivity index (χ4n) is 2.60. The predicted molar refractivity (Wildman–Crippen MR) is 89.5 cm³/mol. The number of ether oxygens (including phenoxy) is 2. The first kappa shape index (κ1) is 18.5. The number of benzene rings is 1. The van der Waals surface area contributed by atoms with Gasteiger partial charge in [0.05, 0.1) is 29.4 Å². The molecule has 1 aliphatic rings. The van der Waals surface area contributed by atoms with Crippen LogP contribution in [0.15, 0.2) is 18.2 Å². The molecule has 0 aliphatic carbocycles. The van der Waals surface area contributed by atoms with Gasteiger partial charge >= 0.3 is 5.97 Å². The van der Waals surface area contributed by atoms with Crippen molar-refractivity contribution in [2.45, 2.75) is 31.5 Å². The predicted octanol–water partition coefficient (Wildman–Crippen LogP) is 2.95. The fourth-order valence-corrected chi connectivity index (χ4v) is 2.91. The molecule has 0 aromatic heterocycles. The molecule has 23 heavy (non-hydrogen) atoms. The molecule has 1 fully saturated rings. The largest absolute Gasteiger partial charge is 0.479 e. The lowest BCUT2D eigenvalue weighted by atomic mass is 9.93. The molecule has 2 rings (SSSR count). The van der Waals surface area contributed by atoms with Crippen molar-refractivity contribution >= 4 is 29.2 Å². The average Bonchev–Trinajstić information content (AvgIpc) is 2.76. The normalized spacial score (nSPS) is 23.3. The summed E-state index contributed by atoms with van der Waals surface area (Å²) >= 11 is 12.1. The van der Waals surface area contributed by atoms with E-state index >= 15 is 0 Å². The zero-order valence-corrected chi connectivity index (χ0v) is 14.4. The van der Waals surface area contributed by atoms with E-state index in [-0.39, 0.29) is 18.6 Å². The highest BCUT2D eigenvalue weighted by Gasteiger charge is 2.28. The monoisotopic (exact) mass is 361 g/mol. The van der Waals surface area contributed by atoms with Gasteiger partial charge in [0.2, 0.25) is 0 Å². The molecule has 2 N–H and O–H groups in total. The summed E-state index contributed by atoms with van der Waals surface area (Å²) < 4.78 is 11.4. The fraction of sp³-hybridized carbons (Fsp3) is 0.562. The van der Waals surface area contributed by atoms with Gasteiger partial charge in [-0.3, -0.25) is 0 Å². The van der Waals surface area contributed by atoms with Gasteiger partial charge in [0, 0.05) is 19.0 Å². The van der Waals surface area contributed by atoms with Gasteiger partial charge < -0.3 is 19.9 Å². The van der Waals surface area contributed by atoms with Crippen LogP contribution in [0.25, 0.3) is 0 Å². The van der Waals surface area contributed by atoms with Gasteiger partial charge in [0.15, 0.2) is 6.10 Å². The van der Waals surface area contributed by atoms with E-state index in [2.05, 4.69) is 5.32 Å². The maximum absolute atomic E-state index is 11.1. The molecule has 0 bridgehead atoms. The molecule has 1 aliphatic heterocycles. The molecule has 7 heteroatoms. The van der Waals surface area contributed by atoms with Crippen LogP contribution in [-0.2, 0) is 14.3 Å². The van der Waals surface area contributed by atoms with Crippen molar-refractivity contribution < 1.29 is 19.4 Å². The third-order valence-corrected chi connectivity index (χ3v) is 4.64. The molecule has 1 saturated heterocycles. The summed E-state index contributed by atoms with van der Waals surface area (Å²) in [6.45, 7) is 4.00. The highest BCUT2D eigenvalue weighted by molar-refractivity contribution is 6.42. The first-order chi connectivity index (χ1) is 11.0. The van der Waals surface area contributed by atoms with E-state index in [1.54, 1.807) is 13.0 Å². The van der Waals surface area contributed by atoms with Crippen LogP contribution >= 0.6 is 23.2 Å². The summed E-state index contributed by atoms with van der Waals surface area (Å²) in [6.07, 6.45) is -0.641. The lowest BCUT2D eigenvalue weighted by molar-refractivity contribution is -0.153. The molecule has 1 aromatic carbocycles. The average molecular weight is 362 g/mol. The second-order valence-electron chi connectivity index (χ2n) is 5.46. The Morgan fingerprint density at radius 2 is 2.26 bits per heavy atom.